The van der Waals surface area contributed by atoms with Crippen LogP contribution in [0.25, 0.3) is 0 Å². The van der Waals surface area contributed by atoms with Crippen molar-refractivity contribution in [3.63, 3.8) is 0 Å². The lowest BCUT2D eigenvalue weighted by molar-refractivity contribution is 0.201. The fourth-order valence-corrected chi connectivity index (χ4v) is 4.12. The first-order valence-electron chi connectivity index (χ1n) is 7.84. The highest BCUT2D eigenvalue weighted by Crippen LogP contribution is 2.37. The van der Waals surface area contributed by atoms with Gasteiger partial charge in [0, 0.05) is 11.8 Å². The van der Waals surface area contributed by atoms with Crippen molar-refractivity contribution in [1.29, 1.82) is 0 Å². The Kier molecular flexibility index (Phi) is 4.96. The van der Waals surface area contributed by atoms with Crippen LogP contribution in [0.2, 0.25) is 5.02 Å². The number of hydrogen-bond acceptors (Lipinski definition) is 5. The average Bonchev–Trinajstić information content (AvgIpc) is 2.61. The van der Waals surface area contributed by atoms with Gasteiger partial charge in [-0.1, -0.05) is 18.5 Å². The third-order valence-corrected chi connectivity index (χ3v) is 5.78. The Bertz CT molecular complexity index is 869. The summed E-state index contributed by atoms with van der Waals surface area (Å²) in [4.78, 5) is -0.0257. The van der Waals surface area contributed by atoms with Crippen LogP contribution < -0.4 is 19.5 Å². The minimum atomic E-state index is -3.85. The second kappa shape index (κ2) is 7.01. The molecule has 1 heterocycles. The maximum atomic E-state index is 12.7. The van der Waals surface area contributed by atoms with Gasteiger partial charge in [-0.15, -0.1) is 0 Å². The Hall–Kier alpha value is -2.12. The molecule has 6 nitrogen and oxygen atoms in total. The van der Waals surface area contributed by atoms with Crippen LogP contribution >= 0.6 is 11.6 Å². The van der Waals surface area contributed by atoms with Crippen molar-refractivity contribution in [2.45, 2.75) is 24.3 Å². The van der Waals surface area contributed by atoms with Gasteiger partial charge in [-0.2, -0.15) is 0 Å². The molecule has 2 N–H and O–H groups in total. The van der Waals surface area contributed by atoms with E-state index >= 15 is 0 Å². The van der Waals surface area contributed by atoms with E-state index in [1.165, 1.54) is 6.07 Å². The molecule has 1 atom stereocenters. The lowest BCUT2D eigenvalue weighted by Crippen LogP contribution is -2.30. The second-order valence-corrected chi connectivity index (χ2v) is 7.70. The van der Waals surface area contributed by atoms with E-state index in [0.717, 1.165) is 6.42 Å². The molecule has 0 bridgehead atoms. The molecular weight excluding hydrogens is 364 g/mol. The summed E-state index contributed by atoms with van der Waals surface area (Å²) in [6.07, 6.45) is 0.820. The van der Waals surface area contributed by atoms with Crippen molar-refractivity contribution >= 4 is 33.0 Å². The number of ether oxygens (including phenoxy) is 2. The fraction of sp³-hybridized carbons (Fsp3) is 0.294. The predicted octanol–water partition coefficient (Wildman–Crippen LogP) is 3.73. The first-order valence-corrected chi connectivity index (χ1v) is 9.70. The topological polar surface area (TPSA) is 76.7 Å². The van der Waals surface area contributed by atoms with E-state index in [1.54, 1.807) is 37.4 Å². The van der Waals surface area contributed by atoms with E-state index in [2.05, 4.69) is 10.0 Å². The van der Waals surface area contributed by atoms with E-state index in [-0.39, 0.29) is 16.0 Å². The Morgan fingerprint density at radius 2 is 2.04 bits per heavy atom. The molecule has 2 aromatic rings. The molecule has 8 heteroatoms. The molecule has 134 valence electrons. The van der Waals surface area contributed by atoms with Gasteiger partial charge in [0.2, 0.25) is 0 Å². The second-order valence-electron chi connectivity index (χ2n) is 5.64. The van der Waals surface area contributed by atoms with Crippen LogP contribution in [0.5, 0.6) is 11.5 Å². The number of methoxy groups -OCH3 is 1. The Balaban J connectivity index is 1.91. The number of nitrogens with one attached hydrogen (secondary N) is 2. The van der Waals surface area contributed by atoms with Crippen LogP contribution in [0.4, 0.5) is 11.4 Å². The number of sulfonamides is 1. The van der Waals surface area contributed by atoms with Crippen LogP contribution in [0.15, 0.2) is 41.3 Å². The summed E-state index contributed by atoms with van der Waals surface area (Å²) >= 11 is 6.20. The van der Waals surface area contributed by atoms with Crippen LogP contribution in [0.1, 0.15) is 13.3 Å². The monoisotopic (exact) mass is 382 g/mol. The summed E-state index contributed by atoms with van der Waals surface area (Å²) in [7, 11) is -2.31. The molecule has 0 fully saturated rings. The molecule has 0 saturated carbocycles. The van der Waals surface area contributed by atoms with E-state index in [9.17, 15) is 8.42 Å². The Morgan fingerprint density at radius 1 is 1.32 bits per heavy atom. The molecule has 0 spiro atoms. The van der Waals surface area contributed by atoms with Crippen LogP contribution in [-0.4, -0.2) is 28.2 Å². The van der Waals surface area contributed by atoms with Crippen LogP contribution in [0.3, 0.4) is 0 Å². The first kappa shape index (κ1) is 17.7. The molecule has 2 aromatic carbocycles. The molecule has 1 aliphatic rings. The molecule has 25 heavy (non-hydrogen) atoms. The smallest absolute Gasteiger partial charge is 0.263 e. The Labute approximate surface area is 152 Å². The zero-order valence-electron chi connectivity index (χ0n) is 13.9. The third-order valence-electron chi connectivity index (χ3n) is 3.94. The van der Waals surface area contributed by atoms with Gasteiger partial charge in [-0.05, 0) is 36.8 Å². The van der Waals surface area contributed by atoms with Gasteiger partial charge < -0.3 is 14.8 Å². The first-order chi connectivity index (χ1) is 11.9. The lowest BCUT2D eigenvalue weighted by atomic mass is 10.2. The van der Waals surface area contributed by atoms with Gasteiger partial charge in [-0.3, -0.25) is 4.72 Å². The van der Waals surface area contributed by atoms with E-state index < -0.39 is 10.0 Å². The highest BCUT2D eigenvalue weighted by molar-refractivity contribution is 7.92. The maximum Gasteiger partial charge on any atom is 0.263 e. The highest BCUT2D eigenvalue weighted by atomic mass is 35.5. The number of rotatable bonds is 5. The lowest BCUT2D eigenvalue weighted by Gasteiger charge is -2.27. The van der Waals surface area contributed by atoms with Gasteiger partial charge >= 0.3 is 0 Å². The molecule has 0 amide bonds. The normalized spacial score (nSPS) is 16.4. The summed E-state index contributed by atoms with van der Waals surface area (Å²) in [5.74, 6) is 1.12. The van der Waals surface area contributed by atoms with Crippen molar-refractivity contribution in [2.75, 3.05) is 23.7 Å². The summed E-state index contributed by atoms with van der Waals surface area (Å²) in [5, 5.41) is 3.34. The third kappa shape index (κ3) is 3.77. The van der Waals surface area contributed by atoms with Crippen molar-refractivity contribution in [2.24, 2.45) is 0 Å². The van der Waals surface area contributed by atoms with Crippen molar-refractivity contribution in [3.05, 3.63) is 41.4 Å². The minimum Gasteiger partial charge on any atom is -0.497 e. The summed E-state index contributed by atoms with van der Waals surface area (Å²) < 4.78 is 38.8. The van der Waals surface area contributed by atoms with Gasteiger partial charge in [0.15, 0.2) is 0 Å². The molecule has 0 aliphatic carbocycles. The number of benzene rings is 2. The number of fused-ring (bicyclic) bond motifs is 1. The van der Waals surface area contributed by atoms with Gasteiger partial charge in [-0.25, -0.2) is 8.42 Å². The maximum absolute atomic E-state index is 12.7. The van der Waals surface area contributed by atoms with E-state index in [1.807, 2.05) is 6.92 Å². The van der Waals surface area contributed by atoms with Gasteiger partial charge in [0.05, 0.1) is 24.4 Å². The van der Waals surface area contributed by atoms with Crippen LogP contribution in [0, 0.1) is 0 Å². The number of halogens is 1. The molecule has 0 saturated heterocycles. The van der Waals surface area contributed by atoms with Gasteiger partial charge in [0.1, 0.15) is 22.5 Å². The standard InChI is InChI=1S/C17H19ClN2O4S/c1-3-12-10-19-15-8-14(18)17(9-16(15)24-12)25(21,22)20-11-4-6-13(23-2)7-5-11/h4-9,12,19-20H,3,10H2,1-2H3. The summed E-state index contributed by atoms with van der Waals surface area (Å²) in [6, 6.07) is 9.61. The molecule has 3 rings (SSSR count). The van der Waals surface area contributed by atoms with Crippen LogP contribution in [-0.2, 0) is 10.0 Å². The predicted molar refractivity (Wildman–Crippen MR) is 98.5 cm³/mol. The van der Waals surface area contributed by atoms with Gasteiger partial charge in [0.25, 0.3) is 10.0 Å². The molecule has 1 aliphatic heterocycles. The number of anilines is 2. The minimum absolute atomic E-state index is 0.00113. The Morgan fingerprint density at radius 3 is 2.68 bits per heavy atom. The van der Waals surface area contributed by atoms with E-state index in [0.29, 0.717) is 29.4 Å². The summed E-state index contributed by atoms with van der Waals surface area (Å²) in [6.45, 7) is 2.67. The molecule has 1 unspecified atom stereocenters. The quantitative estimate of drug-likeness (QED) is 0.823. The fourth-order valence-electron chi connectivity index (χ4n) is 2.52. The molecular formula is C17H19ClN2O4S. The van der Waals surface area contributed by atoms with Crippen molar-refractivity contribution in [3.8, 4) is 11.5 Å². The summed E-state index contributed by atoms with van der Waals surface area (Å²) in [5.41, 5.74) is 1.11. The van der Waals surface area contributed by atoms with Crippen molar-refractivity contribution in [1.82, 2.24) is 0 Å². The van der Waals surface area contributed by atoms with E-state index in [4.69, 9.17) is 21.1 Å². The average molecular weight is 383 g/mol. The van der Waals surface area contributed by atoms with Crippen molar-refractivity contribution < 1.29 is 17.9 Å². The number of hydrogen-bond donors (Lipinski definition) is 2. The zero-order valence-corrected chi connectivity index (χ0v) is 15.4. The zero-order chi connectivity index (χ0) is 18.0. The highest BCUT2D eigenvalue weighted by Gasteiger charge is 2.25. The molecule has 0 aromatic heterocycles. The largest absolute Gasteiger partial charge is 0.497 e. The molecule has 0 radical (unpaired) electrons. The SMILES string of the molecule is CCC1CNc2cc(Cl)c(S(=O)(=O)Nc3ccc(OC)cc3)cc2O1.